The molecule has 1 atom stereocenters. The number of aryl methyl sites for hydroxylation is 1. The summed E-state index contributed by atoms with van der Waals surface area (Å²) >= 11 is 0. The first kappa shape index (κ1) is 16.5. The summed E-state index contributed by atoms with van der Waals surface area (Å²) < 4.78 is 5.16. The number of hydrogen-bond donors (Lipinski definition) is 2. The van der Waals surface area contributed by atoms with Crippen LogP contribution in [0.1, 0.15) is 29.8 Å². The van der Waals surface area contributed by atoms with Gasteiger partial charge >= 0.3 is 5.97 Å². The van der Waals surface area contributed by atoms with Gasteiger partial charge in [-0.25, -0.2) is 4.79 Å². The lowest BCUT2D eigenvalue weighted by Gasteiger charge is -2.14. The Morgan fingerprint density at radius 2 is 1.70 bits per heavy atom. The summed E-state index contributed by atoms with van der Waals surface area (Å²) in [5.74, 6) is -0.938. The second-order valence-corrected chi connectivity index (χ2v) is 5.21. The third kappa shape index (κ3) is 4.57. The first-order valence-electron chi connectivity index (χ1n) is 7.46. The Kier molecular flexibility index (Phi) is 5.36. The zero-order valence-electron chi connectivity index (χ0n) is 13.2. The Morgan fingerprint density at radius 1 is 1.09 bits per heavy atom. The maximum atomic E-state index is 12.1. The van der Waals surface area contributed by atoms with Gasteiger partial charge in [0.1, 0.15) is 0 Å². The number of carbonyl (C=O) groups is 2. The fraction of sp³-hybridized carbons (Fsp3) is 0.222. The summed E-state index contributed by atoms with van der Waals surface area (Å²) in [6, 6.07) is 13.9. The van der Waals surface area contributed by atoms with Crippen LogP contribution in [0.5, 0.6) is 0 Å². The first-order chi connectivity index (χ1) is 11.0. The van der Waals surface area contributed by atoms with Crippen molar-refractivity contribution in [2.24, 2.45) is 0 Å². The molecule has 5 nitrogen and oxygen atoms in total. The van der Waals surface area contributed by atoms with Gasteiger partial charge in [-0.2, -0.15) is 0 Å². The lowest BCUT2D eigenvalue weighted by Crippen LogP contribution is -2.30. The van der Waals surface area contributed by atoms with Crippen molar-refractivity contribution in [1.29, 1.82) is 0 Å². The van der Waals surface area contributed by atoms with Crippen LogP contribution < -0.4 is 11.1 Å². The average Bonchev–Trinajstić information content (AvgIpc) is 2.56. The molecule has 2 rings (SSSR count). The van der Waals surface area contributed by atoms with Gasteiger partial charge in [-0.3, -0.25) is 4.79 Å². The van der Waals surface area contributed by atoms with E-state index in [4.69, 9.17) is 10.5 Å². The number of hydrogen-bond acceptors (Lipinski definition) is 4. The Labute approximate surface area is 135 Å². The van der Waals surface area contributed by atoms with Crippen LogP contribution in [0.25, 0.3) is 0 Å². The number of amides is 1. The highest BCUT2D eigenvalue weighted by molar-refractivity contribution is 5.97. The topological polar surface area (TPSA) is 81.4 Å². The number of ether oxygens (including phenoxy) is 1. The molecule has 2 aromatic carbocycles. The minimum Gasteiger partial charge on any atom is -0.449 e. The zero-order valence-corrected chi connectivity index (χ0v) is 13.2. The molecule has 0 aliphatic rings. The fourth-order valence-electron chi connectivity index (χ4n) is 1.97. The van der Waals surface area contributed by atoms with Crippen LogP contribution in [-0.4, -0.2) is 18.0 Å². The number of nitrogens with two attached hydrogens (primary N) is 1. The van der Waals surface area contributed by atoms with Crippen molar-refractivity contribution < 1.29 is 14.3 Å². The van der Waals surface area contributed by atoms with Crippen LogP contribution in [0, 0.1) is 0 Å². The van der Waals surface area contributed by atoms with Gasteiger partial charge in [0.2, 0.25) is 0 Å². The lowest BCUT2D eigenvalue weighted by atomic mass is 10.1. The van der Waals surface area contributed by atoms with Crippen molar-refractivity contribution in [2.75, 3.05) is 11.1 Å². The summed E-state index contributed by atoms with van der Waals surface area (Å²) in [6.45, 7) is 3.59. The maximum Gasteiger partial charge on any atom is 0.338 e. The predicted molar refractivity (Wildman–Crippen MR) is 90.2 cm³/mol. The minimum atomic E-state index is -0.897. The van der Waals surface area contributed by atoms with Crippen LogP contribution in [0.15, 0.2) is 48.5 Å². The van der Waals surface area contributed by atoms with E-state index in [2.05, 4.69) is 12.2 Å². The van der Waals surface area contributed by atoms with Crippen LogP contribution in [0.4, 0.5) is 11.4 Å². The number of esters is 1. The third-order valence-corrected chi connectivity index (χ3v) is 3.43. The summed E-state index contributed by atoms with van der Waals surface area (Å²) in [7, 11) is 0. The molecular formula is C18H20N2O3. The largest absolute Gasteiger partial charge is 0.449 e. The van der Waals surface area contributed by atoms with Gasteiger partial charge in [0, 0.05) is 11.4 Å². The predicted octanol–water partition coefficient (Wildman–Crippen LogP) is 3.02. The molecule has 1 amide bonds. The van der Waals surface area contributed by atoms with E-state index in [9.17, 15) is 9.59 Å². The second kappa shape index (κ2) is 7.45. The van der Waals surface area contributed by atoms with Gasteiger partial charge in [0.15, 0.2) is 6.10 Å². The van der Waals surface area contributed by atoms with Crippen molar-refractivity contribution in [2.45, 2.75) is 26.4 Å². The van der Waals surface area contributed by atoms with E-state index >= 15 is 0 Å². The zero-order chi connectivity index (χ0) is 16.8. The Bertz CT molecular complexity index is 678. The van der Waals surface area contributed by atoms with E-state index in [1.807, 2.05) is 24.3 Å². The number of rotatable bonds is 5. The highest BCUT2D eigenvalue weighted by Gasteiger charge is 2.19. The number of benzene rings is 2. The van der Waals surface area contributed by atoms with Gasteiger partial charge in [-0.15, -0.1) is 0 Å². The van der Waals surface area contributed by atoms with E-state index in [0.29, 0.717) is 16.9 Å². The van der Waals surface area contributed by atoms with Gasteiger partial charge in [0.25, 0.3) is 5.91 Å². The Balaban J connectivity index is 1.93. The summed E-state index contributed by atoms with van der Waals surface area (Å²) in [6.07, 6.45) is 0.0370. The molecule has 0 fully saturated rings. The first-order valence-corrected chi connectivity index (χ1v) is 7.46. The average molecular weight is 312 g/mol. The molecule has 0 saturated carbocycles. The van der Waals surface area contributed by atoms with Crippen molar-refractivity contribution >= 4 is 23.3 Å². The molecule has 2 aromatic rings. The van der Waals surface area contributed by atoms with Gasteiger partial charge in [-0.1, -0.05) is 19.1 Å². The number of anilines is 2. The molecule has 5 heteroatoms. The molecular weight excluding hydrogens is 292 g/mol. The molecule has 0 heterocycles. The quantitative estimate of drug-likeness (QED) is 0.657. The fourth-order valence-corrected chi connectivity index (χ4v) is 1.97. The van der Waals surface area contributed by atoms with E-state index in [-0.39, 0.29) is 5.91 Å². The van der Waals surface area contributed by atoms with Gasteiger partial charge < -0.3 is 15.8 Å². The van der Waals surface area contributed by atoms with Gasteiger partial charge in [-0.05, 0) is 55.3 Å². The molecule has 0 bridgehead atoms. The second-order valence-electron chi connectivity index (χ2n) is 5.21. The van der Waals surface area contributed by atoms with Crippen LogP contribution in [0.2, 0.25) is 0 Å². The van der Waals surface area contributed by atoms with Crippen LogP contribution in [-0.2, 0) is 16.0 Å². The molecule has 3 N–H and O–H groups in total. The van der Waals surface area contributed by atoms with E-state index in [1.165, 1.54) is 12.5 Å². The van der Waals surface area contributed by atoms with E-state index in [0.717, 1.165) is 6.42 Å². The van der Waals surface area contributed by atoms with Crippen molar-refractivity contribution in [1.82, 2.24) is 0 Å². The highest BCUT2D eigenvalue weighted by atomic mass is 16.5. The molecule has 23 heavy (non-hydrogen) atoms. The molecule has 0 radical (unpaired) electrons. The summed E-state index contributed by atoms with van der Waals surface area (Å²) in [4.78, 5) is 24.0. The monoisotopic (exact) mass is 312 g/mol. The SMILES string of the molecule is CCc1ccc(NC(=O)[C@H](C)OC(=O)c2ccc(N)cc2)cc1. The molecule has 0 spiro atoms. The molecule has 0 aromatic heterocycles. The van der Waals surface area contributed by atoms with Crippen molar-refractivity contribution in [3.63, 3.8) is 0 Å². The van der Waals surface area contributed by atoms with Crippen LogP contribution in [0.3, 0.4) is 0 Å². The number of nitrogen functional groups attached to an aromatic ring is 1. The van der Waals surface area contributed by atoms with Crippen molar-refractivity contribution in [3.8, 4) is 0 Å². The number of carbonyl (C=O) groups excluding carboxylic acids is 2. The summed E-state index contributed by atoms with van der Waals surface area (Å²) in [5.41, 5.74) is 8.33. The minimum absolute atomic E-state index is 0.353. The van der Waals surface area contributed by atoms with E-state index in [1.54, 1.807) is 24.3 Å². The molecule has 0 aliphatic heterocycles. The van der Waals surface area contributed by atoms with Gasteiger partial charge in [0.05, 0.1) is 5.56 Å². The molecule has 0 aliphatic carbocycles. The lowest BCUT2D eigenvalue weighted by molar-refractivity contribution is -0.123. The molecule has 0 saturated heterocycles. The smallest absolute Gasteiger partial charge is 0.338 e. The Hall–Kier alpha value is -2.82. The molecule has 0 unspecified atom stereocenters. The number of nitrogens with one attached hydrogen (secondary N) is 1. The molecule has 120 valence electrons. The third-order valence-electron chi connectivity index (χ3n) is 3.43. The summed E-state index contributed by atoms with van der Waals surface area (Å²) in [5, 5.41) is 2.72. The van der Waals surface area contributed by atoms with Crippen LogP contribution >= 0.6 is 0 Å². The Morgan fingerprint density at radius 3 is 2.26 bits per heavy atom. The normalized spacial score (nSPS) is 11.6. The van der Waals surface area contributed by atoms with Crippen molar-refractivity contribution in [3.05, 3.63) is 59.7 Å². The highest BCUT2D eigenvalue weighted by Crippen LogP contribution is 2.12. The van der Waals surface area contributed by atoms with E-state index < -0.39 is 12.1 Å². The standard InChI is InChI=1S/C18H20N2O3/c1-3-13-4-10-16(11-5-13)20-17(21)12(2)23-18(22)14-6-8-15(19)9-7-14/h4-12H,3,19H2,1-2H3,(H,20,21)/t12-/m0/s1. The maximum absolute atomic E-state index is 12.1.